The predicted octanol–water partition coefficient (Wildman–Crippen LogP) is 2.48. The number of rotatable bonds is 4. The fourth-order valence-electron chi connectivity index (χ4n) is 2.45. The highest BCUT2D eigenvalue weighted by Gasteiger charge is 2.32. The lowest BCUT2D eigenvalue weighted by molar-refractivity contribution is -0.149. The van der Waals surface area contributed by atoms with Crippen molar-refractivity contribution in [2.45, 2.75) is 19.3 Å². The van der Waals surface area contributed by atoms with E-state index in [1.165, 1.54) is 4.90 Å². The van der Waals surface area contributed by atoms with Crippen LogP contribution in [0.2, 0.25) is 5.02 Å². The highest BCUT2D eigenvalue weighted by atomic mass is 35.5. The van der Waals surface area contributed by atoms with Gasteiger partial charge in [0.2, 0.25) is 0 Å². The second-order valence-corrected chi connectivity index (χ2v) is 5.70. The smallest absolute Gasteiger partial charge is 0.326 e. The van der Waals surface area contributed by atoms with E-state index in [1.807, 2.05) is 18.2 Å². The molecule has 1 heterocycles. The van der Waals surface area contributed by atoms with Crippen LogP contribution >= 0.6 is 11.6 Å². The maximum Gasteiger partial charge on any atom is 0.401 e. The van der Waals surface area contributed by atoms with Crippen molar-refractivity contribution in [2.24, 2.45) is 5.73 Å². The lowest BCUT2D eigenvalue weighted by Gasteiger charge is -2.35. The van der Waals surface area contributed by atoms with Gasteiger partial charge in [-0.3, -0.25) is 9.80 Å². The molecule has 0 amide bonds. The molecule has 1 aromatic carbocycles. The fraction of sp³-hybridized carbons (Fsp3) is 0.571. The Labute approximate surface area is 127 Å². The molecule has 118 valence electrons. The number of nitrogens with zero attached hydrogens (tertiary/aromatic N) is 2. The molecular formula is C14H19ClF3N3. The lowest BCUT2D eigenvalue weighted by atomic mass is 10.1. The summed E-state index contributed by atoms with van der Waals surface area (Å²) in [5.74, 6) is 0. The molecule has 2 rings (SSSR count). The fourth-order valence-corrected chi connectivity index (χ4v) is 2.71. The summed E-state index contributed by atoms with van der Waals surface area (Å²) in [4.78, 5) is 3.56. The monoisotopic (exact) mass is 321 g/mol. The van der Waals surface area contributed by atoms with E-state index in [-0.39, 0.29) is 0 Å². The van der Waals surface area contributed by atoms with Crippen molar-refractivity contribution >= 4 is 11.6 Å². The highest BCUT2D eigenvalue weighted by molar-refractivity contribution is 6.31. The van der Waals surface area contributed by atoms with E-state index in [9.17, 15) is 13.2 Å². The van der Waals surface area contributed by atoms with Crippen LogP contribution in [0.15, 0.2) is 18.2 Å². The van der Waals surface area contributed by atoms with Crippen LogP contribution in [0.5, 0.6) is 0 Å². The Bertz CT molecular complexity index is 471. The van der Waals surface area contributed by atoms with E-state index in [0.29, 0.717) is 44.3 Å². The Kier molecular flexibility index (Phi) is 5.48. The second-order valence-electron chi connectivity index (χ2n) is 5.30. The molecule has 1 aromatic rings. The average molecular weight is 322 g/mol. The molecule has 1 aliphatic rings. The molecule has 1 aliphatic heterocycles. The summed E-state index contributed by atoms with van der Waals surface area (Å²) >= 11 is 6.20. The minimum Gasteiger partial charge on any atom is -0.326 e. The number of hydrogen-bond acceptors (Lipinski definition) is 3. The number of halogens is 4. The molecule has 0 aliphatic carbocycles. The van der Waals surface area contributed by atoms with Gasteiger partial charge in [0.1, 0.15) is 0 Å². The molecule has 0 spiro atoms. The number of benzene rings is 1. The summed E-state index contributed by atoms with van der Waals surface area (Å²) in [5, 5.41) is 0.663. The van der Waals surface area contributed by atoms with Crippen molar-refractivity contribution < 1.29 is 13.2 Å². The summed E-state index contributed by atoms with van der Waals surface area (Å²) in [7, 11) is 0. The van der Waals surface area contributed by atoms with Gasteiger partial charge < -0.3 is 5.73 Å². The molecule has 0 unspecified atom stereocenters. The van der Waals surface area contributed by atoms with E-state index in [1.54, 1.807) is 0 Å². The Morgan fingerprint density at radius 1 is 1.10 bits per heavy atom. The summed E-state index contributed by atoms with van der Waals surface area (Å²) in [5.41, 5.74) is 7.51. The number of hydrogen-bond donors (Lipinski definition) is 1. The first-order valence-electron chi connectivity index (χ1n) is 6.86. The van der Waals surface area contributed by atoms with Gasteiger partial charge in [-0.2, -0.15) is 13.2 Å². The van der Waals surface area contributed by atoms with Gasteiger partial charge in [0.05, 0.1) is 6.54 Å². The molecule has 21 heavy (non-hydrogen) atoms. The van der Waals surface area contributed by atoms with Crippen LogP contribution in [-0.2, 0) is 13.1 Å². The number of nitrogens with two attached hydrogens (primary N) is 1. The van der Waals surface area contributed by atoms with Gasteiger partial charge in [-0.05, 0) is 17.2 Å². The summed E-state index contributed by atoms with van der Waals surface area (Å²) in [6, 6.07) is 5.71. The van der Waals surface area contributed by atoms with Crippen LogP contribution in [-0.4, -0.2) is 48.7 Å². The van der Waals surface area contributed by atoms with Crippen LogP contribution in [0, 0.1) is 0 Å². The molecule has 0 atom stereocenters. The number of piperazine rings is 1. The van der Waals surface area contributed by atoms with E-state index in [2.05, 4.69) is 4.90 Å². The topological polar surface area (TPSA) is 32.5 Å². The molecule has 0 radical (unpaired) electrons. The first-order valence-corrected chi connectivity index (χ1v) is 7.24. The molecule has 0 saturated carbocycles. The van der Waals surface area contributed by atoms with Crippen LogP contribution in [0.1, 0.15) is 11.1 Å². The SMILES string of the molecule is NCc1ccc(CN2CCN(CC(F)(F)F)CC2)c(Cl)c1. The quantitative estimate of drug-likeness (QED) is 0.924. The molecule has 7 heteroatoms. The van der Waals surface area contributed by atoms with Gasteiger partial charge in [-0.15, -0.1) is 0 Å². The molecule has 0 bridgehead atoms. The van der Waals surface area contributed by atoms with Crippen molar-refractivity contribution in [3.05, 3.63) is 34.3 Å². The Hall–Kier alpha value is -0.820. The first kappa shape index (κ1) is 16.5. The van der Waals surface area contributed by atoms with Gasteiger partial charge in [-0.25, -0.2) is 0 Å². The molecule has 1 saturated heterocycles. The van der Waals surface area contributed by atoms with Crippen molar-refractivity contribution in [1.82, 2.24) is 9.80 Å². The summed E-state index contributed by atoms with van der Waals surface area (Å²) in [6.45, 7) is 2.36. The molecular weight excluding hydrogens is 303 g/mol. The minimum atomic E-state index is -4.12. The third-order valence-electron chi connectivity index (χ3n) is 3.61. The summed E-state index contributed by atoms with van der Waals surface area (Å²) in [6.07, 6.45) is -4.12. The van der Waals surface area contributed by atoms with Crippen LogP contribution < -0.4 is 5.73 Å². The van der Waals surface area contributed by atoms with E-state index in [4.69, 9.17) is 17.3 Å². The normalized spacial score (nSPS) is 18.1. The first-order chi connectivity index (χ1) is 9.87. The standard InChI is InChI=1S/C14H19ClF3N3/c15-13-7-11(8-19)1-2-12(13)9-20-3-5-21(6-4-20)10-14(16,17)18/h1-2,7H,3-6,8-10,19H2. The maximum absolute atomic E-state index is 12.3. The minimum absolute atomic E-state index is 0.429. The zero-order chi connectivity index (χ0) is 15.5. The third-order valence-corrected chi connectivity index (χ3v) is 3.97. The maximum atomic E-state index is 12.3. The Morgan fingerprint density at radius 3 is 2.24 bits per heavy atom. The van der Waals surface area contributed by atoms with Gasteiger partial charge in [0, 0.05) is 44.3 Å². The second kappa shape index (κ2) is 6.96. The molecule has 3 nitrogen and oxygen atoms in total. The number of alkyl halides is 3. The van der Waals surface area contributed by atoms with Crippen LogP contribution in [0.25, 0.3) is 0 Å². The van der Waals surface area contributed by atoms with Crippen molar-refractivity contribution in [2.75, 3.05) is 32.7 Å². The largest absolute Gasteiger partial charge is 0.401 e. The van der Waals surface area contributed by atoms with Gasteiger partial charge in [0.15, 0.2) is 0 Å². The van der Waals surface area contributed by atoms with Gasteiger partial charge in [-0.1, -0.05) is 23.7 Å². The average Bonchev–Trinajstić information content (AvgIpc) is 2.41. The van der Waals surface area contributed by atoms with Crippen LogP contribution in [0.4, 0.5) is 13.2 Å². The van der Waals surface area contributed by atoms with E-state index >= 15 is 0 Å². The highest BCUT2D eigenvalue weighted by Crippen LogP contribution is 2.21. The molecule has 1 fully saturated rings. The van der Waals surface area contributed by atoms with Crippen molar-refractivity contribution in [1.29, 1.82) is 0 Å². The Balaban J connectivity index is 1.86. The molecule has 2 N–H and O–H groups in total. The third kappa shape index (κ3) is 5.14. The van der Waals surface area contributed by atoms with E-state index in [0.717, 1.165) is 11.1 Å². The van der Waals surface area contributed by atoms with Crippen molar-refractivity contribution in [3.63, 3.8) is 0 Å². The molecule has 0 aromatic heterocycles. The summed E-state index contributed by atoms with van der Waals surface area (Å²) < 4.78 is 37.0. The lowest BCUT2D eigenvalue weighted by Crippen LogP contribution is -2.48. The van der Waals surface area contributed by atoms with Crippen molar-refractivity contribution in [3.8, 4) is 0 Å². The van der Waals surface area contributed by atoms with Gasteiger partial charge in [0.25, 0.3) is 0 Å². The zero-order valence-electron chi connectivity index (χ0n) is 11.7. The zero-order valence-corrected chi connectivity index (χ0v) is 12.4. The Morgan fingerprint density at radius 2 is 1.71 bits per heavy atom. The van der Waals surface area contributed by atoms with E-state index < -0.39 is 12.7 Å². The predicted molar refractivity (Wildman–Crippen MR) is 77.1 cm³/mol. The van der Waals surface area contributed by atoms with Crippen LogP contribution in [0.3, 0.4) is 0 Å². The van der Waals surface area contributed by atoms with Gasteiger partial charge >= 0.3 is 6.18 Å².